The molecule has 0 saturated heterocycles. The topological polar surface area (TPSA) is 38.7 Å². The first kappa shape index (κ1) is 15.9. The van der Waals surface area contributed by atoms with E-state index in [0.29, 0.717) is 34.4 Å². The van der Waals surface area contributed by atoms with Crippen LogP contribution in [0.5, 0.6) is 5.75 Å². The second kappa shape index (κ2) is 6.52. The van der Waals surface area contributed by atoms with Gasteiger partial charge in [-0.25, -0.2) is 0 Å². The molecular weight excluding hydrogens is 299 g/mol. The molecule has 1 N–H and O–H groups in total. The Bertz CT molecular complexity index is 467. The van der Waals surface area contributed by atoms with Crippen molar-refractivity contribution in [2.75, 3.05) is 13.7 Å². The van der Waals surface area contributed by atoms with Crippen LogP contribution in [0.3, 0.4) is 0 Å². The number of ether oxygens (including phenoxy) is 2. The first-order valence-electron chi connectivity index (χ1n) is 6.86. The predicted molar refractivity (Wildman–Crippen MR) is 80.8 cm³/mol. The Morgan fingerprint density at radius 2 is 2.00 bits per heavy atom. The van der Waals surface area contributed by atoms with Crippen LogP contribution in [0.25, 0.3) is 0 Å². The third-order valence-electron chi connectivity index (χ3n) is 3.97. The van der Waals surface area contributed by atoms with Crippen molar-refractivity contribution < 1.29 is 14.6 Å². The first-order valence-corrected chi connectivity index (χ1v) is 7.62. The maximum Gasteiger partial charge on any atom is 0.139 e. The second-order valence-electron chi connectivity index (χ2n) is 5.20. The highest BCUT2D eigenvalue weighted by molar-refractivity contribution is 6.34. The van der Waals surface area contributed by atoms with Crippen molar-refractivity contribution in [2.45, 2.75) is 44.3 Å². The molecule has 5 heteroatoms. The molecule has 1 fully saturated rings. The molecule has 0 aliphatic heterocycles. The van der Waals surface area contributed by atoms with Crippen LogP contribution in [0, 0.1) is 0 Å². The highest BCUT2D eigenvalue weighted by atomic mass is 35.5. The summed E-state index contributed by atoms with van der Waals surface area (Å²) in [6.45, 7) is 2.40. The van der Waals surface area contributed by atoms with Crippen molar-refractivity contribution in [1.29, 1.82) is 0 Å². The fourth-order valence-corrected chi connectivity index (χ4v) is 3.10. The minimum Gasteiger partial charge on any atom is -0.492 e. The summed E-state index contributed by atoms with van der Waals surface area (Å²) in [7, 11) is 1.69. The second-order valence-corrected chi connectivity index (χ2v) is 6.01. The van der Waals surface area contributed by atoms with Crippen LogP contribution in [0.2, 0.25) is 10.0 Å². The standard InChI is InChI=1S/C15H20Cl2O3/c1-3-20-14-8-11(16)10(7-12(14)17)13(18)9-15(19-2)5-4-6-15/h7-8,13,18H,3-6,9H2,1-2H3. The van der Waals surface area contributed by atoms with E-state index in [2.05, 4.69) is 0 Å². The molecule has 1 atom stereocenters. The van der Waals surface area contributed by atoms with Crippen molar-refractivity contribution in [3.05, 3.63) is 27.7 Å². The van der Waals surface area contributed by atoms with Gasteiger partial charge >= 0.3 is 0 Å². The number of hydrogen-bond donors (Lipinski definition) is 1. The zero-order valence-electron chi connectivity index (χ0n) is 11.8. The van der Waals surface area contributed by atoms with Gasteiger partial charge in [-0.3, -0.25) is 0 Å². The molecule has 0 heterocycles. The minimum atomic E-state index is -0.684. The Hall–Kier alpha value is -0.480. The summed E-state index contributed by atoms with van der Waals surface area (Å²) in [5.41, 5.74) is 0.414. The number of aliphatic hydroxyl groups excluding tert-OH is 1. The number of hydrogen-bond acceptors (Lipinski definition) is 3. The van der Waals surface area contributed by atoms with Gasteiger partial charge in [0.25, 0.3) is 0 Å². The number of benzene rings is 1. The normalized spacial score (nSPS) is 18.4. The lowest BCUT2D eigenvalue weighted by Crippen LogP contribution is -2.40. The number of methoxy groups -OCH3 is 1. The summed E-state index contributed by atoms with van der Waals surface area (Å²) in [4.78, 5) is 0. The average molecular weight is 319 g/mol. The summed E-state index contributed by atoms with van der Waals surface area (Å²) in [6.07, 6.45) is 2.94. The van der Waals surface area contributed by atoms with Gasteiger partial charge in [0.05, 0.1) is 28.4 Å². The SMILES string of the molecule is CCOc1cc(Cl)c(C(O)CC2(OC)CCC2)cc1Cl. The molecule has 1 aliphatic carbocycles. The van der Waals surface area contributed by atoms with E-state index in [1.54, 1.807) is 19.2 Å². The molecule has 1 unspecified atom stereocenters. The monoisotopic (exact) mass is 318 g/mol. The third kappa shape index (κ3) is 3.22. The summed E-state index contributed by atoms with van der Waals surface area (Å²) in [5, 5.41) is 11.3. The molecule has 0 spiro atoms. The van der Waals surface area contributed by atoms with Crippen molar-refractivity contribution in [3.8, 4) is 5.75 Å². The van der Waals surface area contributed by atoms with E-state index in [0.717, 1.165) is 19.3 Å². The lowest BCUT2D eigenvalue weighted by atomic mass is 9.75. The number of halogens is 2. The Balaban J connectivity index is 2.17. The van der Waals surface area contributed by atoms with Gasteiger partial charge < -0.3 is 14.6 Å². The Morgan fingerprint density at radius 3 is 2.50 bits per heavy atom. The fourth-order valence-electron chi connectivity index (χ4n) is 2.59. The predicted octanol–water partition coefficient (Wildman–Crippen LogP) is 4.38. The van der Waals surface area contributed by atoms with Crippen LogP contribution < -0.4 is 4.74 Å². The molecule has 112 valence electrons. The summed E-state index contributed by atoms with van der Waals surface area (Å²) in [5.74, 6) is 0.542. The Labute approximate surface area is 129 Å². The third-order valence-corrected chi connectivity index (χ3v) is 4.60. The van der Waals surface area contributed by atoms with Crippen LogP contribution in [-0.4, -0.2) is 24.4 Å². The molecule has 1 aromatic carbocycles. The van der Waals surface area contributed by atoms with E-state index in [1.165, 1.54) is 0 Å². The Morgan fingerprint density at radius 1 is 1.30 bits per heavy atom. The van der Waals surface area contributed by atoms with Crippen LogP contribution >= 0.6 is 23.2 Å². The Kier molecular flexibility index (Phi) is 5.19. The van der Waals surface area contributed by atoms with Gasteiger partial charge in [0, 0.05) is 25.2 Å². The van der Waals surface area contributed by atoms with Crippen LogP contribution in [0.1, 0.15) is 44.3 Å². The van der Waals surface area contributed by atoms with Gasteiger partial charge in [0.2, 0.25) is 0 Å². The number of aliphatic hydroxyl groups is 1. The average Bonchev–Trinajstić information content (AvgIpc) is 2.38. The minimum absolute atomic E-state index is 0.214. The van der Waals surface area contributed by atoms with Gasteiger partial charge in [-0.05, 0) is 32.3 Å². The van der Waals surface area contributed by atoms with Crippen LogP contribution in [-0.2, 0) is 4.74 Å². The van der Waals surface area contributed by atoms with Gasteiger partial charge in [-0.15, -0.1) is 0 Å². The van der Waals surface area contributed by atoms with Crippen molar-refractivity contribution in [1.82, 2.24) is 0 Å². The van der Waals surface area contributed by atoms with E-state index >= 15 is 0 Å². The zero-order valence-corrected chi connectivity index (χ0v) is 13.3. The molecule has 20 heavy (non-hydrogen) atoms. The van der Waals surface area contributed by atoms with E-state index in [4.69, 9.17) is 32.7 Å². The van der Waals surface area contributed by atoms with E-state index < -0.39 is 6.10 Å². The molecular formula is C15H20Cl2O3. The summed E-state index contributed by atoms with van der Waals surface area (Å²) >= 11 is 12.4. The quantitative estimate of drug-likeness (QED) is 0.845. The molecule has 0 amide bonds. The smallest absolute Gasteiger partial charge is 0.139 e. The molecule has 1 aliphatic rings. The molecule has 2 rings (SSSR count). The summed E-state index contributed by atoms with van der Waals surface area (Å²) in [6, 6.07) is 3.34. The van der Waals surface area contributed by atoms with Crippen molar-refractivity contribution in [2.24, 2.45) is 0 Å². The maximum atomic E-state index is 10.4. The van der Waals surface area contributed by atoms with Gasteiger partial charge in [-0.1, -0.05) is 23.2 Å². The van der Waals surface area contributed by atoms with Gasteiger partial charge in [-0.2, -0.15) is 0 Å². The molecule has 0 bridgehead atoms. The van der Waals surface area contributed by atoms with E-state index in [-0.39, 0.29) is 5.60 Å². The van der Waals surface area contributed by atoms with E-state index in [9.17, 15) is 5.11 Å². The van der Waals surface area contributed by atoms with Crippen molar-refractivity contribution in [3.63, 3.8) is 0 Å². The van der Waals surface area contributed by atoms with E-state index in [1.807, 2.05) is 6.92 Å². The fraction of sp³-hybridized carbons (Fsp3) is 0.600. The van der Waals surface area contributed by atoms with Gasteiger partial charge in [0.15, 0.2) is 0 Å². The highest BCUT2D eigenvalue weighted by Gasteiger charge is 2.39. The largest absolute Gasteiger partial charge is 0.492 e. The van der Waals surface area contributed by atoms with Crippen LogP contribution in [0.15, 0.2) is 12.1 Å². The molecule has 0 radical (unpaired) electrons. The molecule has 3 nitrogen and oxygen atoms in total. The summed E-state index contributed by atoms with van der Waals surface area (Å²) < 4.78 is 10.9. The molecule has 0 aromatic heterocycles. The molecule has 1 aromatic rings. The lowest BCUT2D eigenvalue weighted by Gasteiger charge is -2.42. The number of rotatable bonds is 6. The zero-order chi connectivity index (χ0) is 14.8. The van der Waals surface area contributed by atoms with Gasteiger partial charge in [0.1, 0.15) is 5.75 Å². The first-order chi connectivity index (χ1) is 9.51. The molecule has 1 saturated carbocycles. The highest BCUT2D eigenvalue weighted by Crippen LogP contribution is 2.44. The lowest BCUT2D eigenvalue weighted by molar-refractivity contribution is -0.0999. The maximum absolute atomic E-state index is 10.4. The van der Waals surface area contributed by atoms with Crippen molar-refractivity contribution >= 4 is 23.2 Å². The van der Waals surface area contributed by atoms with Crippen LogP contribution in [0.4, 0.5) is 0 Å².